The minimum absolute atomic E-state index is 0.223. The Balaban J connectivity index is 1.76. The fraction of sp³-hybridized carbons (Fsp3) is 0.346. The lowest BCUT2D eigenvalue weighted by atomic mass is 9.83. The molecular formula is C26H30O. The van der Waals surface area contributed by atoms with Crippen LogP contribution in [0.4, 0.5) is 0 Å². The van der Waals surface area contributed by atoms with Gasteiger partial charge in [-0.05, 0) is 42.4 Å². The van der Waals surface area contributed by atoms with Crippen LogP contribution in [-0.2, 0) is 11.2 Å². The van der Waals surface area contributed by atoms with Gasteiger partial charge in [0.15, 0.2) is 0 Å². The Morgan fingerprint density at radius 2 is 1.52 bits per heavy atom. The van der Waals surface area contributed by atoms with Gasteiger partial charge < -0.3 is 0 Å². The lowest BCUT2D eigenvalue weighted by Gasteiger charge is -2.21. The van der Waals surface area contributed by atoms with Crippen LogP contribution in [0.2, 0.25) is 0 Å². The highest BCUT2D eigenvalue weighted by Gasteiger charge is 2.25. The molecule has 2 aromatic rings. The van der Waals surface area contributed by atoms with Crippen LogP contribution >= 0.6 is 0 Å². The minimum Gasteiger partial charge on any atom is -0.299 e. The van der Waals surface area contributed by atoms with Gasteiger partial charge in [0.25, 0.3) is 0 Å². The predicted molar refractivity (Wildman–Crippen MR) is 114 cm³/mol. The van der Waals surface area contributed by atoms with Crippen molar-refractivity contribution < 1.29 is 4.79 Å². The first kappa shape index (κ1) is 19.4. The maximum absolute atomic E-state index is 12.5. The summed E-state index contributed by atoms with van der Waals surface area (Å²) in [5.74, 6) is 1.01. The summed E-state index contributed by atoms with van der Waals surface area (Å²) in [6, 6.07) is 21.3. The normalized spacial score (nSPS) is 16.3. The van der Waals surface area contributed by atoms with E-state index < -0.39 is 0 Å². The second-order valence-corrected chi connectivity index (χ2v) is 7.45. The zero-order valence-electron chi connectivity index (χ0n) is 16.5. The van der Waals surface area contributed by atoms with Gasteiger partial charge in [-0.15, -0.1) is 0 Å². The standard InChI is InChI=1S/C26H30O/c1-3-21(4-2)26(27)18-16-23-15-17-24(22-13-9-6-10-14-22)25(23)19-20-11-7-5-8-12-20/h5-15,17,21,25H,3-4,16,18-19H2,1-2H3. The van der Waals surface area contributed by atoms with E-state index in [0.29, 0.717) is 18.1 Å². The molecule has 0 heterocycles. The summed E-state index contributed by atoms with van der Waals surface area (Å²) in [6.45, 7) is 4.24. The summed E-state index contributed by atoms with van der Waals surface area (Å²) < 4.78 is 0. The first-order valence-electron chi connectivity index (χ1n) is 10.3. The quantitative estimate of drug-likeness (QED) is 0.490. The van der Waals surface area contributed by atoms with Crippen molar-refractivity contribution in [3.63, 3.8) is 0 Å². The number of Topliss-reactive ketones (excluding diaryl/α,β-unsaturated/α-hetero) is 1. The zero-order chi connectivity index (χ0) is 19.1. The summed E-state index contributed by atoms with van der Waals surface area (Å²) in [7, 11) is 0. The van der Waals surface area contributed by atoms with Crippen LogP contribution in [0.15, 0.2) is 78.4 Å². The molecule has 1 nitrogen and oxygen atoms in total. The average Bonchev–Trinajstić information content (AvgIpc) is 3.11. The number of hydrogen-bond donors (Lipinski definition) is 0. The number of ketones is 1. The van der Waals surface area contributed by atoms with E-state index in [1.807, 2.05) is 0 Å². The molecule has 0 amide bonds. The van der Waals surface area contributed by atoms with Gasteiger partial charge in [0.1, 0.15) is 5.78 Å². The van der Waals surface area contributed by atoms with Crippen molar-refractivity contribution in [1.82, 2.24) is 0 Å². The van der Waals surface area contributed by atoms with Crippen molar-refractivity contribution in [2.75, 3.05) is 0 Å². The number of hydrogen-bond acceptors (Lipinski definition) is 1. The van der Waals surface area contributed by atoms with Crippen LogP contribution in [0.5, 0.6) is 0 Å². The monoisotopic (exact) mass is 358 g/mol. The predicted octanol–water partition coefficient (Wildman–Crippen LogP) is 6.65. The lowest BCUT2D eigenvalue weighted by Crippen LogP contribution is -2.14. The molecule has 0 aliphatic heterocycles. The third-order valence-corrected chi connectivity index (χ3v) is 5.79. The second-order valence-electron chi connectivity index (χ2n) is 7.45. The molecule has 3 rings (SSSR count). The number of benzene rings is 2. The molecule has 0 saturated carbocycles. The van der Waals surface area contributed by atoms with Gasteiger partial charge in [0, 0.05) is 18.3 Å². The first-order valence-corrected chi connectivity index (χ1v) is 10.3. The van der Waals surface area contributed by atoms with Crippen LogP contribution in [-0.4, -0.2) is 5.78 Å². The van der Waals surface area contributed by atoms with E-state index in [0.717, 1.165) is 25.7 Å². The van der Waals surface area contributed by atoms with Gasteiger partial charge in [0.2, 0.25) is 0 Å². The molecule has 27 heavy (non-hydrogen) atoms. The van der Waals surface area contributed by atoms with Crippen molar-refractivity contribution in [1.29, 1.82) is 0 Å². The first-order chi connectivity index (χ1) is 13.2. The number of carbonyl (C=O) groups excluding carboxylic acids is 1. The molecule has 0 radical (unpaired) electrons. The van der Waals surface area contributed by atoms with Crippen molar-refractivity contribution in [2.24, 2.45) is 11.8 Å². The molecule has 0 bridgehead atoms. The van der Waals surface area contributed by atoms with Gasteiger partial charge in [-0.2, -0.15) is 0 Å². The zero-order valence-corrected chi connectivity index (χ0v) is 16.5. The Morgan fingerprint density at radius 3 is 2.15 bits per heavy atom. The van der Waals surface area contributed by atoms with Crippen molar-refractivity contribution >= 4 is 11.4 Å². The van der Waals surface area contributed by atoms with Gasteiger partial charge >= 0.3 is 0 Å². The molecule has 1 aliphatic rings. The highest BCUT2D eigenvalue weighted by atomic mass is 16.1. The van der Waals surface area contributed by atoms with E-state index in [-0.39, 0.29) is 5.92 Å². The summed E-state index contributed by atoms with van der Waals surface area (Å²) in [4.78, 5) is 12.5. The fourth-order valence-electron chi connectivity index (χ4n) is 4.12. The van der Waals surface area contributed by atoms with E-state index >= 15 is 0 Å². The molecule has 1 unspecified atom stereocenters. The molecule has 2 aromatic carbocycles. The Morgan fingerprint density at radius 1 is 0.889 bits per heavy atom. The van der Waals surface area contributed by atoms with E-state index in [1.165, 1.54) is 22.3 Å². The maximum atomic E-state index is 12.5. The Labute approximate surface area is 163 Å². The molecule has 1 heteroatoms. The van der Waals surface area contributed by atoms with E-state index in [1.54, 1.807) is 0 Å². The summed E-state index contributed by atoms with van der Waals surface area (Å²) in [6.07, 6.45) is 8.96. The van der Waals surface area contributed by atoms with Gasteiger partial charge in [-0.1, -0.05) is 92.2 Å². The molecule has 1 aliphatic carbocycles. The van der Waals surface area contributed by atoms with E-state index in [9.17, 15) is 4.79 Å². The minimum atomic E-state index is 0.223. The number of rotatable bonds is 9. The van der Waals surface area contributed by atoms with Crippen LogP contribution < -0.4 is 0 Å². The highest BCUT2D eigenvalue weighted by Crippen LogP contribution is 2.39. The van der Waals surface area contributed by atoms with Gasteiger partial charge in [-0.3, -0.25) is 4.79 Å². The molecule has 0 N–H and O–H groups in total. The lowest BCUT2D eigenvalue weighted by molar-refractivity contribution is -0.123. The fourth-order valence-corrected chi connectivity index (χ4v) is 4.12. The Kier molecular flexibility index (Phi) is 6.81. The smallest absolute Gasteiger partial charge is 0.136 e. The van der Waals surface area contributed by atoms with Crippen LogP contribution in [0, 0.1) is 11.8 Å². The largest absolute Gasteiger partial charge is 0.299 e. The summed E-state index contributed by atoms with van der Waals surface area (Å²) in [5.41, 5.74) is 5.42. The molecular weight excluding hydrogens is 328 g/mol. The third kappa shape index (κ3) is 4.86. The Bertz CT molecular complexity index is 795. The number of allylic oxidation sites excluding steroid dienone is 4. The van der Waals surface area contributed by atoms with Crippen molar-refractivity contribution in [3.05, 3.63) is 89.5 Å². The van der Waals surface area contributed by atoms with Crippen LogP contribution in [0.25, 0.3) is 5.57 Å². The average molecular weight is 359 g/mol. The topological polar surface area (TPSA) is 17.1 Å². The molecule has 140 valence electrons. The molecule has 1 atom stereocenters. The van der Waals surface area contributed by atoms with Crippen molar-refractivity contribution in [2.45, 2.75) is 46.0 Å². The van der Waals surface area contributed by atoms with Gasteiger partial charge in [0.05, 0.1) is 0 Å². The molecule has 0 aromatic heterocycles. The molecule has 0 spiro atoms. The van der Waals surface area contributed by atoms with E-state index in [4.69, 9.17) is 0 Å². The third-order valence-electron chi connectivity index (χ3n) is 5.79. The highest BCUT2D eigenvalue weighted by molar-refractivity contribution is 5.82. The molecule has 0 fully saturated rings. The SMILES string of the molecule is CCC(CC)C(=O)CCC1=CC=C(c2ccccc2)C1Cc1ccccc1. The Hall–Kier alpha value is -2.41. The van der Waals surface area contributed by atoms with Crippen LogP contribution in [0.3, 0.4) is 0 Å². The van der Waals surface area contributed by atoms with Crippen LogP contribution in [0.1, 0.15) is 50.7 Å². The van der Waals surface area contributed by atoms with E-state index in [2.05, 4.69) is 86.7 Å². The summed E-state index contributed by atoms with van der Waals surface area (Å²) in [5, 5.41) is 0. The second kappa shape index (κ2) is 9.50. The molecule has 0 saturated heterocycles. The van der Waals surface area contributed by atoms with Gasteiger partial charge in [-0.25, -0.2) is 0 Å². The summed E-state index contributed by atoms with van der Waals surface area (Å²) >= 11 is 0. The number of carbonyl (C=O) groups is 1. The van der Waals surface area contributed by atoms with Crippen molar-refractivity contribution in [3.8, 4) is 0 Å². The maximum Gasteiger partial charge on any atom is 0.136 e.